The summed E-state index contributed by atoms with van der Waals surface area (Å²) in [7, 11) is -3.51. The lowest BCUT2D eigenvalue weighted by molar-refractivity contribution is 0.102. The Morgan fingerprint density at radius 3 is 2.52 bits per heavy atom. The van der Waals surface area contributed by atoms with E-state index in [1.165, 1.54) is 44.3 Å². The molecule has 168 valence electrons. The second-order valence-electron chi connectivity index (χ2n) is 8.68. The zero-order valence-electron chi connectivity index (χ0n) is 18.0. The third kappa shape index (κ3) is 3.53. The molecule has 0 bridgehead atoms. The lowest BCUT2D eigenvalue weighted by atomic mass is 10.0. The van der Waals surface area contributed by atoms with Gasteiger partial charge in [-0.3, -0.25) is 10.1 Å². The Bertz CT molecular complexity index is 1500. The third-order valence-corrected chi connectivity index (χ3v) is 9.47. The number of carbonyl (C=O) groups is 1. The lowest BCUT2D eigenvalue weighted by Gasteiger charge is -2.25. The fourth-order valence-electron chi connectivity index (χ4n) is 4.96. The molecule has 1 saturated heterocycles. The van der Waals surface area contributed by atoms with E-state index in [0.717, 1.165) is 47.7 Å². The minimum Gasteiger partial charge on any atom is -0.298 e. The highest BCUT2D eigenvalue weighted by Gasteiger charge is 2.26. The highest BCUT2D eigenvalue weighted by Crippen LogP contribution is 2.39. The van der Waals surface area contributed by atoms with Gasteiger partial charge in [0.2, 0.25) is 10.0 Å². The lowest BCUT2D eigenvalue weighted by Crippen LogP contribution is -2.35. The molecule has 0 spiro atoms. The van der Waals surface area contributed by atoms with Gasteiger partial charge in [-0.05, 0) is 72.5 Å². The van der Waals surface area contributed by atoms with E-state index in [1.807, 2.05) is 0 Å². The second-order valence-corrected chi connectivity index (χ2v) is 11.7. The van der Waals surface area contributed by atoms with Crippen LogP contribution in [0, 0.1) is 0 Å². The smallest absolute Gasteiger partial charge is 0.257 e. The van der Waals surface area contributed by atoms with E-state index in [0.29, 0.717) is 23.8 Å². The summed E-state index contributed by atoms with van der Waals surface area (Å²) in [5.74, 6) is -0.298. The molecular weight excluding hydrogens is 454 g/mol. The van der Waals surface area contributed by atoms with Gasteiger partial charge in [-0.25, -0.2) is 13.4 Å². The van der Waals surface area contributed by atoms with E-state index in [9.17, 15) is 13.2 Å². The molecule has 6 nitrogen and oxygen atoms in total. The number of anilines is 1. The van der Waals surface area contributed by atoms with Crippen LogP contribution < -0.4 is 5.32 Å². The molecule has 1 fully saturated rings. The first-order chi connectivity index (χ1) is 16.0. The SMILES string of the molecule is O=C(Nc1nc2c(cc3c4c(cccc42)CC3)s1)c1ccc(S(=O)(=O)N2CCCCC2)cc1. The second kappa shape index (κ2) is 7.90. The van der Waals surface area contributed by atoms with Crippen molar-refractivity contribution >= 4 is 53.4 Å². The number of carbonyl (C=O) groups excluding carboxylic acids is 1. The predicted molar refractivity (Wildman–Crippen MR) is 132 cm³/mol. The Kier molecular flexibility index (Phi) is 4.97. The van der Waals surface area contributed by atoms with Gasteiger partial charge >= 0.3 is 0 Å². The molecule has 8 heteroatoms. The van der Waals surface area contributed by atoms with Crippen LogP contribution in [0.15, 0.2) is 53.4 Å². The zero-order chi connectivity index (χ0) is 22.6. The van der Waals surface area contributed by atoms with Gasteiger partial charge in [0.05, 0.1) is 15.1 Å². The van der Waals surface area contributed by atoms with E-state index < -0.39 is 10.0 Å². The van der Waals surface area contributed by atoms with Crippen molar-refractivity contribution in [1.82, 2.24) is 9.29 Å². The minimum atomic E-state index is -3.51. The van der Waals surface area contributed by atoms with E-state index in [4.69, 9.17) is 4.98 Å². The van der Waals surface area contributed by atoms with E-state index >= 15 is 0 Å². The number of sulfonamides is 1. The van der Waals surface area contributed by atoms with Crippen LogP contribution >= 0.6 is 11.3 Å². The maximum atomic E-state index is 12.8. The first-order valence-electron chi connectivity index (χ1n) is 11.3. The Hall–Kier alpha value is -2.81. The molecule has 1 aromatic heterocycles. The molecule has 1 aliphatic carbocycles. The average Bonchev–Trinajstić information content (AvgIpc) is 3.45. The highest BCUT2D eigenvalue weighted by molar-refractivity contribution is 7.89. The standard InChI is InChI=1S/C25H23N3O3S2/c29-24(17-9-11-19(12-10-17)33(30,31)28-13-2-1-3-14-28)27-25-26-23-20-6-4-5-16-7-8-18(22(16)20)15-21(23)32-25/h4-6,9-12,15H,1-3,7-8,13-14H2,(H,26,27,29). The Labute approximate surface area is 196 Å². The summed E-state index contributed by atoms with van der Waals surface area (Å²) in [6, 6.07) is 14.7. The number of hydrogen-bond donors (Lipinski definition) is 1. The fourth-order valence-corrected chi connectivity index (χ4v) is 7.42. The number of piperidine rings is 1. The number of fused-ring (bicyclic) bond motifs is 2. The highest BCUT2D eigenvalue weighted by atomic mass is 32.2. The number of aromatic nitrogens is 1. The van der Waals surface area contributed by atoms with Gasteiger partial charge in [0.1, 0.15) is 0 Å². The molecule has 1 amide bonds. The van der Waals surface area contributed by atoms with Gasteiger partial charge in [-0.15, -0.1) is 0 Å². The van der Waals surface area contributed by atoms with Crippen LogP contribution in [0.4, 0.5) is 5.13 Å². The summed E-state index contributed by atoms with van der Waals surface area (Å²) in [5, 5.41) is 5.89. The molecule has 2 heterocycles. The number of amides is 1. The summed E-state index contributed by atoms with van der Waals surface area (Å²) < 4.78 is 28.3. The van der Waals surface area contributed by atoms with Gasteiger partial charge in [-0.1, -0.05) is 36.0 Å². The molecule has 33 heavy (non-hydrogen) atoms. The number of rotatable bonds is 4. The average molecular weight is 478 g/mol. The van der Waals surface area contributed by atoms with Crippen LogP contribution in [0.5, 0.6) is 0 Å². The van der Waals surface area contributed by atoms with Crippen molar-refractivity contribution in [3.63, 3.8) is 0 Å². The number of hydrogen-bond acceptors (Lipinski definition) is 5. The Morgan fingerprint density at radius 1 is 0.970 bits per heavy atom. The van der Waals surface area contributed by atoms with Crippen molar-refractivity contribution in [2.75, 3.05) is 18.4 Å². The molecule has 6 rings (SSSR count). The summed E-state index contributed by atoms with van der Waals surface area (Å²) >= 11 is 1.47. The number of nitrogens with one attached hydrogen (secondary N) is 1. The van der Waals surface area contributed by atoms with Crippen LogP contribution in [0.3, 0.4) is 0 Å². The number of nitrogens with zero attached hydrogens (tertiary/aromatic N) is 2. The first kappa shape index (κ1) is 20.8. The normalized spacial score (nSPS) is 16.5. The molecule has 0 saturated carbocycles. The molecule has 1 N–H and O–H groups in total. The Morgan fingerprint density at radius 2 is 1.73 bits per heavy atom. The minimum absolute atomic E-state index is 0.227. The molecular formula is C25H23N3O3S2. The van der Waals surface area contributed by atoms with Gasteiger partial charge in [0, 0.05) is 24.0 Å². The Balaban J connectivity index is 1.25. The van der Waals surface area contributed by atoms with Crippen LogP contribution in [-0.4, -0.2) is 36.7 Å². The van der Waals surface area contributed by atoms with E-state index in [-0.39, 0.29) is 10.8 Å². The van der Waals surface area contributed by atoms with Crippen molar-refractivity contribution in [3.05, 3.63) is 65.2 Å². The molecule has 0 radical (unpaired) electrons. The summed E-state index contributed by atoms with van der Waals surface area (Å²) in [5.41, 5.74) is 4.03. The van der Waals surface area contributed by atoms with Gasteiger partial charge in [0.25, 0.3) is 5.91 Å². The van der Waals surface area contributed by atoms with Crippen LogP contribution in [0.1, 0.15) is 40.7 Å². The maximum absolute atomic E-state index is 12.8. The summed E-state index contributed by atoms with van der Waals surface area (Å²) in [6.07, 6.45) is 4.95. The molecule has 1 aliphatic heterocycles. The van der Waals surface area contributed by atoms with Crippen molar-refractivity contribution in [1.29, 1.82) is 0 Å². The quantitative estimate of drug-likeness (QED) is 0.450. The van der Waals surface area contributed by atoms with Gasteiger partial charge in [0.15, 0.2) is 5.13 Å². The van der Waals surface area contributed by atoms with Crippen molar-refractivity contribution in [2.24, 2.45) is 0 Å². The molecule has 3 aromatic carbocycles. The summed E-state index contributed by atoms with van der Waals surface area (Å²) in [4.78, 5) is 17.8. The monoisotopic (exact) mass is 477 g/mol. The van der Waals surface area contributed by atoms with E-state index in [2.05, 4.69) is 29.6 Å². The van der Waals surface area contributed by atoms with Crippen molar-refractivity contribution in [2.45, 2.75) is 37.0 Å². The van der Waals surface area contributed by atoms with E-state index in [1.54, 1.807) is 12.1 Å². The molecule has 0 unspecified atom stereocenters. The third-order valence-electron chi connectivity index (χ3n) is 6.64. The summed E-state index contributed by atoms with van der Waals surface area (Å²) in [6.45, 7) is 1.11. The van der Waals surface area contributed by atoms with Crippen molar-refractivity contribution < 1.29 is 13.2 Å². The number of thiazole rings is 1. The zero-order valence-corrected chi connectivity index (χ0v) is 19.6. The van der Waals surface area contributed by atoms with Crippen LogP contribution in [0.25, 0.3) is 21.0 Å². The molecule has 0 atom stereocenters. The largest absolute Gasteiger partial charge is 0.298 e. The molecule has 4 aromatic rings. The topological polar surface area (TPSA) is 79.4 Å². The molecule has 2 aliphatic rings. The fraction of sp³-hybridized carbons (Fsp3) is 0.280. The van der Waals surface area contributed by atoms with Crippen LogP contribution in [-0.2, 0) is 22.9 Å². The first-order valence-corrected chi connectivity index (χ1v) is 13.5. The maximum Gasteiger partial charge on any atom is 0.257 e. The predicted octanol–water partition coefficient (Wildman–Crippen LogP) is 4.98. The number of aryl methyl sites for hydroxylation is 2. The van der Waals surface area contributed by atoms with Crippen molar-refractivity contribution in [3.8, 4) is 0 Å². The van der Waals surface area contributed by atoms with Gasteiger partial charge in [-0.2, -0.15) is 4.31 Å². The van der Waals surface area contributed by atoms with Crippen LogP contribution in [0.2, 0.25) is 0 Å². The number of benzene rings is 3. The van der Waals surface area contributed by atoms with Gasteiger partial charge < -0.3 is 0 Å².